The van der Waals surface area contributed by atoms with Crippen LogP contribution >= 0.6 is 0 Å². The van der Waals surface area contributed by atoms with Crippen LogP contribution < -0.4 is 5.32 Å². The Bertz CT molecular complexity index is 373. The Morgan fingerprint density at radius 1 is 1.40 bits per heavy atom. The zero-order valence-corrected chi connectivity index (χ0v) is 11.5. The fourth-order valence-electron chi connectivity index (χ4n) is 1.99. The third-order valence-electron chi connectivity index (χ3n) is 3.24. The highest BCUT2D eigenvalue weighted by atomic mass is 19.4. The van der Waals surface area contributed by atoms with Gasteiger partial charge in [0.2, 0.25) is 0 Å². The number of alkyl halides is 3. The van der Waals surface area contributed by atoms with Crippen LogP contribution in [0.15, 0.2) is 0 Å². The topological polar surface area (TPSA) is 58.6 Å². The van der Waals surface area contributed by atoms with Crippen LogP contribution in [0.25, 0.3) is 0 Å². The van der Waals surface area contributed by atoms with Gasteiger partial charge in [-0.1, -0.05) is 13.3 Å². The van der Waals surface area contributed by atoms with Crippen molar-refractivity contribution in [2.24, 2.45) is 0 Å². The molecule has 8 heteroatoms. The number of amides is 1. The molecule has 1 heterocycles. The number of halogens is 3. The van der Waals surface area contributed by atoms with Crippen molar-refractivity contribution < 1.29 is 27.5 Å². The van der Waals surface area contributed by atoms with Crippen LogP contribution in [0.1, 0.15) is 26.7 Å². The van der Waals surface area contributed by atoms with E-state index in [0.29, 0.717) is 11.3 Å². The molecule has 1 N–H and O–H groups in total. The number of ether oxygens (including phenoxy) is 1. The molecule has 0 aromatic rings. The molecule has 1 aliphatic rings. The molecule has 1 saturated heterocycles. The highest BCUT2D eigenvalue weighted by Crippen LogP contribution is 2.26. The summed E-state index contributed by atoms with van der Waals surface area (Å²) < 4.78 is 42.7. The van der Waals surface area contributed by atoms with Crippen LogP contribution in [0.2, 0.25) is 0 Å². The van der Waals surface area contributed by atoms with Gasteiger partial charge >= 0.3 is 18.1 Å². The lowest BCUT2D eigenvalue weighted by Crippen LogP contribution is -2.67. The van der Waals surface area contributed by atoms with Crippen molar-refractivity contribution in [2.75, 3.05) is 26.2 Å². The largest absolute Gasteiger partial charge is 0.471 e. The quantitative estimate of drug-likeness (QED) is 0.623. The van der Waals surface area contributed by atoms with Crippen LogP contribution in [0.5, 0.6) is 0 Å². The van der Waals surface area contributed by atoms with Crippen LogP contribution in [-0.2, 0) is 14.3 Å². The minimum atomic E-state index is -5.00. The molecule has 1 unspecified atom stereocenters. The molecule has 1 atom stereocenters. The summed E-state index contributed by atoms with van der Waals surface area (Å²) in [4.78, 5) is 24.0. The number of piperazine rings is 1. The first-order valence-electron chi connectivity index (χ1n) is 6.50. The number of carbonyl (C=O) groups is 2. The number of nitrogens with one attached hydrogen (secondary N) is 1. The van der Waals surface area contributed by atoms with Gasteiger partial charge in [0, 0.05) is 19.6 Å². The van der Waals surface area contributed by atoms with Gasteiger partial charge in [0.15, 0.2) is 5.54 Å². The molecular weight excluding hydrogens is 277 g/mol. The molecular formula is C12H19F3N2O3. The molecule has 1 amide bonds. The Labute approximate surface area is 115 Å². The van der Waals surface area contributed by atoms with E-state index in [1.165, 1.54) is 6.92 Å². The van der Waals surface area contributed by atoms with E-state index in [9.17, 15) is 22.8 Å². The van der Waals surface area contributed by atoms with Crippen molar-refractivity contribution in [3.05, 3.63) is 0 Å². The smallest absolute Gasteiger partial charge is 0.464 e. The highest BCUT2D eigenvalue weighted by molar-refractivity contribution is 5.90. The number of carbonyl (C=O) groups excluding carboxylic acids is 2. The minimum absolute atomic E-state index is 0.0558. The van der Waals surface area contributed by atoms with Crippen LogP contribution in [0, 0.1) is 0 Å². The number of hydrogen-bond acceptors (Lipinski definition) is 4. The van der Waals surface area contributed by atoms with Gasteiger partial charge in [-0.3, -0.25) is 4.79 Å². The first-order valence-corrected chi connectivity index (χ1v) is 6.50. The standard InChI is InChI=1S/C12H19F3N2O3/c1-3-4-7-20-10(19)11(2)8-16-5-6-17(11)9(18)12(13,14)15/h16H,3-8H2,1-2H3. The van der Waals surface area contributed by atoms with Crippen LogP contribution in [0.4, 0.5) is 13.2 Å². The van der Waals surface area contributed by atoms with Crippen molar-refractivity contribution in [3.8, 4) is 0 Å². The lowest BCUT2D eigenvalue weighted by atomic mass is 9.97. The van der Waals surface area contributed by atoms with Gasteiger partial charge in [-0.2, -0.15) is 13.2 Å². The summed E-state index contributed by atoms with van der Waals surface area (Å²) in [6.45, 7) is 3.30. The van der Waals surface area contributed by atoms with Gasteiger partial charge in [-0.25, -0.2) is 4.79 Å². The van der Waals surface area contributed by atoms with Crippen molar-refractivity contribution in [3.63, 3.8) is 0 Å². The summed E-state index contributed by atoms with van der Waals surface area (Å²) in [5, 5.41) is 2.82. The van der Waals surface area contributed by atoms with Gasteiger partial charge in [-0.05, 0) is 13.3 Å². The Balaban J connectivity index is 2.86. The Kier molecular flexibility index (Phi) is 5.38. The SMILES string of the molecule is CCCCOC(=O)C1(C)CNCCN1C(=O)C(F)(F)F. The first-order chi connectivity index (χ1) is 9.23. The molecule has 0 aromatic carbocycles. The fourth-order valence-corrected chi connectivity index (χ4v) is 1.99. The van der Waals surface area contributed by atoms with Gasteiger partial charge in [-0.15, -0.1) is 0 Å². The van der Waals surface area contributed by atoms with E-state index in [1.54, 1.807) is 0 Å². The summed E-state index contributed by atoms with van der Waals surface area (Å²) in [6.07, 6.45) is -3.57. The molecule has 116 valence electrons. The van der Waals surface area contributed by atoms with E-state index < -0.39 is 23.6 Å². The number of esters is 1. The lowest BCUT2D eigenvalue weighted by Gasteiger charge is -2.43. The van der Waals surface area contributed by atoms with Gasteiger partial charge < -0.3 is 15.0 Å². The Morgan fingerprint density at radius 3 is 2.60 bits per heavy atom. The molecule has 1 rings (SSSR count). The van der Waals surface area contributed by atoms with E-state index in [1.807, 2.05) is 6.92 Å². The maximum Gasteiger partial charge on any atom is 0.471 e. The number of unbranched alkanes of at least 4 members (excludes halogenated alkanes) is 1. The summed E-state index contributed by atoms with van der Waals surface area (Å²) in [6, 6.07) is 0. The van der Waals surface area contributed by atoms with E-state index in [-0.39, 0.29) is 26.2 Å². The normalized spacial score (nSPS) is 23.6. The van der Waals surface area contributed by atoms with Crippen molar-refractivity contribution in [1.29, 1.82) is 0 Å². The summed E-state index contributed by atoms with van der Waals surface area (Å²) in [5.41, 5.74) is -1.63. The number of hydrogen-bond donors (Lipinski definition) is 1. The van der Waals surface area contributed by atoms with Crippen LogP contribution in [0.3, 0.4) is 0 Å². The van der Waals surface area contributed by atoms with Crippen molar-refractivity contribution in [2.45, 2.75) is 38.4 Å². The minimum Gasteiger partial charge on any atom is -0.464 e. The molecule has 5 nitrogen and oxygen atoms in total. The van der Waals surface area contributed by atoms with Gasteiger partial charge in [0.25, 0.3) is 0 Å². The fraction of sp³-hybridized carbons (Fsp3) is 0.833. The van der Waals surface area contributed by atoms with E-state index in [2.05, 4.69) is 5.32 Å². The summed E-state index contributed by atoms with van der Waals surface area (Å²) in [5.74, 6) is -2.82. The highest BCUT2D eigenvalue weighted by Gasteiger charge is 2.53. The monoisotopic (exact) mass is 296 g/mol. The average molecular weight is 296 g/mol. The van der Waals surface area contributed by atoms with E-state index in [4.69, 9.17) is 4.74 Å². The number of nitrogens with zero attached hydrogens (tertiary/aromatic N) is 1. The zero-order chi connectivity index (χ0) is 15.4. The van der Waals surface area contributed by atoms with Gasteiger partial charge in [0.05, 0.1) is 6.61 Å². The Hall–Kier alpha value is -1.31. The molecule has 0 radical (unpaired) electrons. The maximum atomic E-state index is 12.6. The second-order valence-corrected chi connectivity index (χ2v) is 4.89. The average Bonchev–Trinajstić information content (AvgIpc) is 2.37. The Morgan fingerprint density at radius 2 is 2.05 bits per heavy atom. The van der Waals surface area contributed by atoms with E-state index >= 15 is 0 Å². The van der Waals surface area contributed by atoms with Crippen molar-refractivity contribution in [1.82, 2.24) is 10.2 Å². The third-order valence-corrected chi connectivity index (χ3v) is 3.24. The zero-order valence-electron chi connectivity index (χ0n) is 11.5. The second kappa shape index (κ2) is 6.43. The van der Waals surface area contributed by atoms with Gasteiger partial charge in [0.1, 0.15) is 0 Å². The first kappa shape index (κ1) is 16.7. The van der Waals surface area contributed by atoms with Crippen LogP contribution in [-0.4, -0.2) is 54.7 Å². The molecule has 1 fully saturated rings. The molecule has 0 spiro atoms. The molecule has 0 saturated carbocycles. The maximum absolute atomic E-state index is 12.6. The number of rotatable bonds is 4. The van der Waals surface area contributed by atoms with Crippen molar-refractivity contribution >= 4 is 11.9 Å². The predicted octanol–water partition coefficient (Wildman–Crippen LogP) is 1.08. The molecule has 0 aliphatic carbocycles. The second-order valence-electron chi connectivity index (χ2n) is 4.89. The lowest BCUT2D eigenvalue weighted by molar-refractivity contribution is -0.196. The van der Waals surface area contributed by atoms with E-state index in [0.717, 1.165) is 6.42 Å². The molecule has 1 aliphatic heterocycles. The predicted molar refractivity (Wildman–Crippen MR) is 64.9 cm³/mol. The summed E-state index contributed by atoms with van der Waals surface area (Å²) >= 11 is 0. The molecule has 0 bridgehead atoms. The molecule has 20 heavy (non-hydrogen) atoms. The summed E-state index contributed by atoms with van der Waals surface area (Å²) in [7, 11) is 0. The molecule has 0 aromatic heterocycles. The third kappa shape index (κ3) is 3.62.